The summed E-state index contributed by atoms with van der Waals surface area (Å²) < 4.78 is 57.1. The minimum atomic E-state index is -3.89. The van der Waals surface area contributed by atoms with Crippen molar-refractivity contribution in [3.05, 3.63) is 22.4 Å². The highest BCUT2D eigenvalue weighted by atomic mass is 35.5. The Labute approximate surface area is 210 Å². The average Bonchev–Trinajstić information content (AvgIpc) is 3.20. The molecule has 4 heterocycles. The summed E-state index contributed by atoms with van der Waals surface area (Å²) in [5, 5.41) is 17.1. The van der Waals surface area contributed by atoms with Crippen molar-refractivity contribution in [1.29, 1.82) is 0 Å². The van der Waals surface area contributed by atoms with Crippen molar-refractivity contribution in [3.63, 3.8) is 0 Å². The van der Waals surface area contributed by atoms with Crippen LogP contribution in [0.2, 0.25) is 5.15 Å². The Balaban J connectivity index is 1.65. The maximum absolute atomic E-state index is 13.3. The molecule has 2 N–H and O–H groups in total. The molecule has 1 unspecified atom stereocenters. The molecule has 1 aliphatic heterocycles. The number of rotatable bonds is 7. The number of aliphatic hydroxyl groups excluding tert-OH is 1. The van der Waals surface area contributed by atoms with E-state index in [1.54, 1.807) is 13.0 Å². The highest BCUT2D eigenvalue weighted by molar-refractivity contribution is 7.89. The lowest BCUT2D eigenvalue weighted by Gasteiger charge is -2.35. The van der Waals surface area contributed by atoms with Crippen molar-refractivity contribution in [3.8, 4) is 10.8 Å². The van der Waals surface area contributed by atoms with Gasteiger partial charge in [0, 0.05) is 24.8 Å². The molecule has 0 radical (unpaired) electrons. The third kappa shape index (κ3) is 4.76. The molecule has 1 atom stereocenters. The molecule has 35 heavy (non-hydrogen) atoms. The molecule has 5 rings (SSSR count). The minimum Gasteiger partial charge on any atom is -0.393 e. The maximum Gasteiger partial charge on any atom is 0.291 e. The van der Waals surface area contributed by atoms with Gasteiger partial charge in [0.25, 0.3) is 6.43 Å². The predicted octanol–water partition coefficient (Wildman–Crippen LogP) is 3.87. The monoisotopic (exact) mass is 546 g/mol. The first-order valence-corrected chi connectivity index (χ1v) is 14.0. The number of aromatic nitrogens is 4. The molecule has 1 saturated carbocycles. The number of alkyl halides is 2. The summed E-state index contributed by atoms with van der Waals surface area (Å²) in [4.78, 5) is 6.39. The molecule has 1 aliphatic carbocycles. The van der Waals surface area contributed by atoms with E-state index in [1.165, 1.54) is 10.6 Å². The summed E-state index contributed by atoms with van der Waals surface area (Å²) in [5.41, 5.74) is 0.549. The highest BCUT2D eigenvalue weighted by Gasteiger charge is 2.41. The van der Waals surface area contributed by atoms with Crippen molar-refractivity contribution < 1.29 is 22.3 Å². The molecule has 3 aromatic heterocycles. The van der Waals surface area contributed by atoms with Crippen LogP contribution in [0.4, 0.5) is 14.5 Å². The Morgan fingerprint density at radius 1 is 1.29 bits per heavy atom. The number of aliphatic hydroxyl groups is 1. The smallest absolute Gasteiger partial charge is 0.291 e. The van der Waals surface area contributed by atoms with E-state index in [-0.39, 0.29) is 26.8 Å². The Kier molecular flexibility index (Phi) is 6.27. The van der Waals surface area contributed by atoms with E-state index in [1.807, 2.05) is 11.8 Å². The first-order chi connectivity index (χ1) is 16.5. The molecular formula is C21H25ClF2N6O3S2. The number of piperidine rings is 1. The van der Waals surface area contributed by atoms with Crippen LogP contribution in [0, 0.1) is 5.92 Å². The second kappa shape index (κ2) is 8.87. The topological polar surface area (TPSA) is 113 Å². The second-order valence-electron chi connectivity index (χ2n) is 9.48. The van der Waals surface area contributed by atoms with Crippen LogP contribution >= 0.6 is 22.9 Å². The van der Waals surface area contributed by atoms with Gasteiger partial charge in [-0.05, 0) is 51.5 Å². The Bertz CT molecular complexity index is 1360. The standard InChI is InChI=1S/C21H25ClF2N6O3S2/c1-11(31)12-3-7-29(8-4-12)14-9-13(35(32,33)28-21(2)5-6-21)10-30-15(14)16(22)25-18(30)20-27-26-19(34-20)17(23)24/h9-12,17,28,31H,3-8H2,1-2H3. The number of hydrogen-bond acceptors (Lipinski definition) is 8. The van der Waals surface area contributed by atoms with Gasteiger partial charge in [-0.2, -0.15) is 0 Å². The first kappa shape index (κ1) is 24.8. The molecule has 0 bridgehead atoms. The minimum absolute atomic E-state index is 0.0136. The average molecular weight is 547 g/mol. The molecule has 14 heteroatoms. The normalized spacial score (nSPS) is 19.6. The van der Waals surface area contributed by atoms with Crippen LogP contribution in [0.1, 0.15) is 51.0 Å². The van der Waals surface area contributed by atoms with Crippen LogP contribution < -0.4 is 9.62 Å². The summed E-state index contributed by atoms with van der Waals surface area (Å²) in [7, 11) is -3.89. The molecule has 9 nitrogen and oxygen atoms in total. The molecular weight excluding hydrogens is 522 g/mol. The van der Waals surface area contributed by atoms with Gasteiger partial charge >= 0.3 is 0 Å². The van der Waals surface area contributed by atoms with Gasteiger partial charge in [0.1, 0.15) is 10.4 Å². The van der Waals surface area contributed by atoms with Crippen LogP contribution in [0.15, 0.2) is 17.2 Å². The number of nitrogens with zero attached hydrogens (tertiary/aromatic N) is 5. The molecule has 190 valence electrons. The van der Waals surface area contributed by atoms with Gasteiger partial charge in [-0.15, -0.1) is 10.2 Å². The zero-order valence-electron chi connectivity index (χ0n) is 19.1. The largest absolute Gasteiger partial charge is 0.393 e. The molecule has 3 aromatic rings. The summed E-state index contributed by atoms with van der Waals surface area (Å²) >= 11 is 7.21. The van der Waals surface area contributed by atoms with Crippen molar-refractivity contribution in [2.75, 3.05) is 18.0 Å². The second-order valence-corrected chi connectivity index (χ2v) is 12.5. The van der Waals surface area contributed by atoms with E-state index >= 15 is 0 Å². The van der Waals surface area contributed by atoms with Gasteiger partial charge in [-0.25, -0.2) is 26.9 Å². The number of sulfonamides is 1. The lowest BCUT2D eigenvalue weighted by atomic mass is 9.92. The summed E-state index contributed by atoms with van der Waals surface area (Å²) in [6.07, 6.45) is 1.13. The quantitative estimate of drug-likeness (QED) is 0.462. The van der Waals surface area contributed by atoms with Crippen molar-refractivity contribution in [2.24, 2.45) is 5.92 Å². The van der Waals surface area contributed by atoms with Crippen LogP contribution in [-0.4, -0.2) is 57.8 Å². The number of fused-ring (bicyclic) bond motifs is 1. The summed E-state index contributed by atoms with van der Waals surface area (Å²) in [6.45, 7) is 4.79. The fraction of sp³-hybridized carbons (Fsp3) is 0.571. The fourth-order valence-electron chi connectivity index (χ4n) is 4.38. The lowest BCUT2D eigenvalue weighted by molar-refractivity contribution is 0.110. The lowest BCUT2D eigenvalue weighted by Crippen LogP contribution is -2.38. The van der Waals surface area contributed by atoms with Crippen LogP contribution in [0.3, 0.4) is 0 Å². The van der Waals surface area contributed by atoms with Crippen molar-refractivity contribution >= 4 is 44.2 Å². The third-order valence-corrected chi connectivity index (χ3v) is 9.51. The van der Waals surface area contributed by atoms with Gasteiger partial charge < -0.3 is 10.0 Å². The van der Waals surface area contributed by atoms with Gasteiger partial charge in [-0.3, -0.25) is 4.40 Å². The number of anilines is 1. The van der Waals surface area contributed by atoms with Gasteiger partial charge in [0.2, 0.25) is 10.0 Å². The zero-order valence-corrected chi connectivity index (χ0v) is 21.5. The van der Waals surface area contributed by atoms with Gasteiger partial charge in [0.15, 0.2) is 21.0 Å². The van der Waals surface area contributed by atoms with E-state index in [0.29, 0.717) is 35.6 Å². The van der Waals surface area contributed by atoms with E-state index < -0.39 is 33.1 Å². The zero-order chi connectivity index (χ0) is 25.1. The van der Waals surface area contributed by atoms with E-state index in [4.69, 9.17) is 11.6 Å². The van der Waals surface area contributed by atoms with E-state index in [9.17, 15) is 22.3 Å². The molecule has 1 saturated heterocycles. The Hall–Kier alpha value is -1.93. The van der Waals surface area contributed by atoms with Crippen LogP contribution in [0.25, 0.3) is 16.3 Å². The Morgan fingerprint density at radius 2 is 1.97 bits per heavy atom. The van der Waals surface area contributed by atoms with E-state index in [2.05, 4.69) is 19.9 Å². The van der Waals surface area contributed by atoms with Crippen LogP contribution in [-0.2, 0) is 10.0 Å². The number of halogens is 3. The van der Waals surface area contributed by atoms with Gasteiger partial charge in [-0.1, -0.05) is 22.9 Å². The predicted molar refractivity (Wildman–Crippen MR) is 129 cm³/mol. The molecule has 0 aromatic carbocycles. The molecule has 0 spiro atoms. The van der Waals surface area contributed by atoms with Crippen LogP contribution in [0.5, 0.6) is 0 Å². The maximum atomic E-state index is 13.3. The van der Waals surface area contributed by atoms with E-state index in [0.717, 1.165) is 25.7 Å². The highest BCUT2D eigenvalue weighted by Crippen LogP contribution is 2.40. The fourth-order valence-corrected chi connectivity index (χ4v) is 6.81. The molecule has 2 aliphatic rings. The first-order valence-electron chi connectivity index (χ1n) is 11.3. The number of nitrogens with one attached hydrogen (secondary N) is 1. The van der Waals surface area contributed by atoms with Crippen molar-refractivity contribution in [2.45, 2.75) is 62.5 Å². The molecule has 2 fully saturated rings. The number of hydrogen-bond donors (Lipinski definition) is 2. The summed E-state index contributed by atoms with van der Waals surface area (Å²) in [6, 6.07) is 1.58. The van der Waals surface area contributed by atoms with Gasteiger partial charge in [0.05, 0.1) is 11.8 Å². The Morgan fingerprint density at radius 3 is 2.54 bits per heavy atom. The van der Waals surface area contributed by atoms with Crippen molar-refractivity contribution in [1.82, 2.24) is 24.3 Å². The number of imidazole rings is 1. The molecule has 0 amide bonds. The summed E-state index contributed by atoms with van der Waals surface area (Å²) in [5.74, 6) is 0.292. The number of pyridine rings is 1. The third-order valence-electron chi connectivity index (χ3n) is 6.72. The SMILES string of the molecule is CC(O)C1CCN(c2cc(S(=O)(=O)NC3(C)CC3)cn3c(-c4nnc(C(F)F)s4)nc(Cl)c23)CC1.